The number of aryl methyl sites for hydroxylation is 1. The third-order valence-electron chi connectivity index (χ3n) is 8.80. The highest BCUT2D eigenvalue weighted by atomic mass is 15.1. The van der Waals surface area contributed by atoms with Crippen molar-refractivity contribution in [3.63, 3.8) is 0 Å². The lowest BCUT2D eigenvalue weighted by molar-refractivity contribution is 0.516. The number of benzene rings is 2. The summed E-state index contributed by atoms with van der Waals surface area (Å²) in [5.74, 6) is 3.56. The molecule has 0 spiro atoms. The molecular weight excluding hydrogens is 378 g/mol. The van der Waals surface area contributed by atoms with E-state index < -0.39 is 0 Å². The van der Waals surface area contributed by atoms with Crippen LogP contribution in [0.4, 0.5) is 0 Å². The third kappa shape index (κ3) is 2.79. The molecule has 1 aliphatic heterocycles. The molecule has 7 rings (SSSR count). The summed E-state index contributed by atoms with van der Waals surface area (Å²) in [5, 5.41) is 3.81. The van der Waals surface area contributed by atoms with Crippen molar-refractivity contribution in [1.82, 2.24) is 15.3 Å². The zero-order valence-electron chi connectivity index (χ0n) is 18.3. The summed E-state index contributed by atoms with van der Waals surface area (Å²) < 4.78 is 0. The van der Waals surface area contributed by atoms with E-state index in [1.165, 1.54) is 67.2 Å². The number of hydrogen-bond acceptors (Lipinski definition) is 2. The Morgan fingerprint density at radius 1 is 0.839 bits per heavy atom. The van der Waals surface area contributed by atoms with Crippen LogP contribution in [0.15, 0.2) is 42.6 Å². The first-order valence-electron chi connectivity index (χ1n) is 12.3. The largest absolute Gasteiger partial charge is 0.341 e. The monoisotopic (exact) mass is 409 g/mol. The first-order valence-corrected chi connectivity index (χ1v) is 12.3. The number of rotatable bonds is 3. The molecule has 0 amide bonds. The van der Waals surface area contributed by atoms with E-state index in [0.717, 1.165) is 29.3 Å². The van der Waals surface area contributed by atoms with E-state index in [0.29, 0.717) is 12.1 Å². The fraction of sp³-hybridized carbons (Fsp3) is 0.464. The standard InChI is InChI=1S/C28H31N3/c1-16-5-12-22(27-21-11-10-20(13-21)26(16)27)17-6-8-18(9-7-17)25-15-29-28(31-25)24-14-19-3-2-4-23(19)30-24/h5-9,12,15,19-21,23-24,30H,2-4,10-11,13-14H2,1H3,(H,29,31)/t19-,20?,21?,23-,24-/m0/s1. The van der Waals surface area contributed by atoms with Gasteiger partial charge in [0, 0.05) is 6.04 Å². The van der Waals surface area contributed by atoms with Gasteiger partial charge in [-0.25, -0.2) is 4.98 Å². The van der Waals surface area contributed by atoms with Gasteiger partial charge in [0.05, 0.1) is 17.9 Å². The summed E-state index contributed by atoms with van der Waals surface area (Å²) in [6, 6.07) is 15.0. The van der Waals surface area contributed by atoms with Gasteiger partial charge >= 0.3 is 0 Å². The van der Waals surface area contributed by atoms with Crippen LogP contribution in [-0.4, -0.2) is 16.0 Å². The van der Waals surface area contributed by atoms with Crippen LogP contribution in [0.2, 0.25) is 0 Å². The topological polar surface area (TPSA) is 40.7 Å². The van der Waals surface area contributed by atoms with Crippen molar-refractivity contribution in [2.24, 2.45) is 5.92 Å². The maximum Gasteiger partial charge on any atom is 0.123 e. The van der Waals surface area contributed by atoms with Crippen LogP contribution < -0.4 is 5.32 Å². The molecular formula is C28H31N3. The Morgan fingerprint density at radius 3 is 2.48 bits per heavy atom. The quantitative estimate of drug-likeness (QED) is 0.510. The average molecular weight is 410 g/mol. The summed E-state index contributed by atoms with van der Waals surface area (Å²) in [6.45, 7) is 2.30. The molecule has 1 aromatic heterocycles. The maximum absolute atomic E-state index is 4.75. The molecule has 2 N–H and O–H groups in total. The SMILES string of the molecule is Cc1ccc(-c2ccc(-c3cnc([C@@H]4C[C@@H]5CCC[C@@H]5N4)[nH]3)cc2)c2c1C1CCC2C1. The zero-order chi connectivity index (χ0) is 20.5. The van der Waals surface area contributed by atoms with E-state index in [1.807, 2.05) is 6.20 Å². The molecule has 3 nitrogen and oxygen atoms in total. The molecule has 1 saturated heterocycles. The van der Waals surface area contributed by atoms with Gasteiger partial charge in [-0.1, -0.05) is 42.8 Å². The number of nitrogens with zero attached hydrogens (tertiary/aromatic N) is 1. The molecule has 2 bridgehead atoms. The third-order valence-corrected chi connectivity index (χ3v) is 8.80. The van der Waals surface area contributed by atoms with Crippen LogP contribution in [0.3, 0.4) is 0 Å². The molecule has 2 saturated carbocycles. The molecule has 31 heavy (non-hydrogen) atoms. The van der Waals surface area contributed by atoms with Gasteiger partial charge in [0.15, 0.2) is 0 Å². The van der Waals surface area contributed by atoms with Crippen molar-refractivity contribution >= 4 is 0 Å². The highest BCUT2D eigenvalue weighted by Gasteiger charge is 2.40. The van der Waals surface area contributed by atoms with E-state index >= 15 is 0 Å². The minimum atomic E-state index is 0.397. The van der Waals surface area contributed by atoms with Crippen LogP contribution in [0.5, 0.6) is 0 Å². The Kier molecular flexibility index (Phi) is 4.00. The van der Waals surface area contributed by atoms with Gasteiger partial charge in [-0.3, -0.25) is 0 Å². The molecule has 3 fully saturated rings. The molecule has 0 radical (unpaired) electrons. The second-order valence-corrected chi connectivity index (χ2v) is 10.5. The number of nitrogens with one attached hydrogen (secondary N) is 2. The van der Waals surface area contributed by atoms with Crippen molar-refractivity contribution in [3.05, 3.63) is 65.1 Å². The van der Waals surface area contributed by atoms with E-state index in [-0.39, 0.29) is 0 Å². The van der Waals surface area contributed by atoms with Gasteiger partial charge in [-0.05, 0) is 96.6 Å². The van der Waals surface area contributed by atoms with Gasteiger partial charge in [-0.2, -0.15) is 0 Å². The Balaban J connectivity index is 1.16. The molecule has 2 heterocycles. The van der Waals surface area contributed by atoms with Crippen LogP contribution in [0, 0.1) is 12.8 Å². The summed E-state index contributed by atoms with van der Waals surface area (Å²) >= 11 is 0. The van der Waals surface area contributed by atoms with Crippen LogP contribution in [0.1, 0.15) is 85.3 Å². The van der Waals surface area contributed by atoms with Crippen molar-refractivity contribution in [2.75, 3.05) is 0 Å². The fourth-order valence-corrected chi connectivity index (χ4v) is 7.33. The lowest BCUT2D eigenvalue weighted by Crippen LogP contribution is -2.24. The van der Waals surface area contributed by atoms with Crippen LogP contribution in [-0.2, 0) is 0 Å². The number of aromatic nitrogens is 2. The Morgan fingerprint density at radius 2 is 1.65 bits per heavy atom. The number of H-pyrrole nitrogens is 1. The molecule has 3 heteroatoms. The van der Waals surface area contributed by atoms with Crippen LogP contribution in [0.25, 0.3) is 22.4 Å². The Bertz CT molecular complexity index is 1130. The minimum Gasteiger partial charge on any atom is -0.341 e. The molecule has 3 aromatic rings. The van der Waals surface area contributed by atoms with E-state index in [4.69, 9.17) is 4.98 Å². The first-order chi connectivity index (χ1) is 15.2. The first kappa shape index (κ1) is 18.2. The summed E-state index contributed by atoms with van der Waals surface area (Å²) in [7, 11) is 0. The van der Waals surface area contributed by atoms with Gasteiger partial charge < -0.3 is 10.3 Å². The predicted molar refractivity (Wildman–Crippen MR) is 125 cm³/mol. The van der Waals surface area contributed by atoms with E-state index in [2.05, 4.69) is 53.6 Å². The summed E-state index contributed by atoms with van der Waals surface area (Å²) in [6.07, 6.45) is 11.5. The Hall–Kier alpha value is -2.39. The predicted octanol–water partition coefficient (Wildman–Crippen LogP) is 6.62. The van der Waals surface area contributed by atoms with E-state index in [1.54, 1.807) is 11.1 Å². The zero-order valence-corrected chi connectivity index (χ0v) is 18.3. The van der Waals surface area contributed by atoms with Gasteiger partial charge in [0.25, 0.3) is 0 Å². The lowest BCUT2D eigenvalue weighted by atomic mass is 9.83. The molecule has 158 valence electrons. The molecule has 5 atom stereocenters. The lowest BCUT2D eigenvalue weighted by Gasteiger charge is -2.21. The highest BCUT2D eigenvalue weighted by Crippen LogP contribution is 2.56. The average Bonchev–Trinajstić information content (AvgIpc) is 3.60. The van der Waals surface area contributed by atoms with Crippen LogP contribution >= 0.6 is 0 Å². The molecule has 4 aliphatic rings. The number of fused-ring (bicyclic) bond motifs is 6. The maximum atomic E-state index is 4.75. The number of aromatic amines is 1. The smallest absolute Gasteiger partial charge is 0.123 e. The van der Waals surface area contributed by atoms with Crippen molar-refractivity contribution in [2.45, 2.75) is 75.8 Å². The Labute approximate surface area is 184 Å². The fourth-order valence-electron chi connectivity index (χ4n) is 7.33. The second-order valence-electron chi connectivity index (χ2n) is 10.5. The minimum absolute atomic E-state index is 0.397. The van der Waals surface area contributed by atoms with Crippen molar-refractivity contribution < 1.29 is 0 Å². The molecule has 3 aliphatic carbocycles. The molecule has 2 aromatic carbocycles. The van der Waals surface area contributed by atoms with Crippen molar-refractivity contribution in [1.29, 1.82) is 0 Å². The highest BCUT2D eigenvalue weighted by molar-refractivity contribution is 5.75. The normalized spacial score (nSPS) is 30.7. The second kappa shape index (κ2) is 6.80. The van der Waals surface area contributed by atoms with Gasteiger partial charge in [0.2, 0.25) is 0 Å². The number of imidazole rings is 1. The van der Waals surface area contributed by atoms with E-state index in [9.17, 15) is 0 Å². The summed E-state index contributed by atoms with van der Waals surface area (Å²) in [4.78, 5) is 8.36. The molecule has 2 unspecified atom stereocenters. The van der Waals surface area contributed by atoms with Gasteiger partial charge in [-0.15, -0.1) is 0 Å². The van der Waals surface area contributed by atoms with Gasteiger partial charge in [0.1, 0.15) is 5.82 Å². The van der Waals surface area contributed by atoms with Crippen molar-refractivity contribution in [3.8, 4) is 22.4 Å². The number of hydrogen-bond donors (Lipinski definition) is 2. The summed E-state index contributed by atoms with van der Waals surface area (Å²) in [5.41, 5.74) is 10.0.